The van der Waals surface area contributed by atoms with Gasteiger partial charge in [0.05, 0.1) is 0 Å². The summed E-state index contributed by atoms with van der Waals surface area (Å²) in [5.41, 5.74) is 8.58. The Bertz CT molecular complexity index is 2170. The highest BCUT2D eigenvalue weighted by Crippen LogP contribution is 2.62. The van der Waals surface area contributed by atoms with Crippen molar-refractivity contribution in [2.75, 3.05) is 0 Å². The van der Waals surface area contributed by atoms with Gasteiger partial charge in [0, 0.05) is 0 Å². The molecule has 0 amide bonds. The van der Waals surface area contributed by atoms with Crippen molar-refractivity contribution in [1.82, 2.24) is 0 Å². The summed E-state index contributed by atoms with van der Waals surface area (Å²) in [6, 6.07) is 0. The predicted octanol–water partition coefficient (Wildman–Crippen LogP) is 36.7. The maximum Gasteiger partial charge on any atom is -0.0226 e. The van der Waals surface area contributed by atoms with Crippen LogP contribution in [0.15, 0.2) is 0 Å². The molecule has 618 valence electrons. The fraction of sp³-hybridized carbons (Fsp3) is 1.00. The third-order valence-electron chi connectivity index (χ3n) is 36.1. The van der Waals surface area contributed by atoms with Gasteiger partial charge in [0.25, 0.3) is 0 Å². The highest BCUT2D eigenvalue weighted by molar-refractivity contribution is 5.02. The lowest BCUT2D eigenvalue weighted by Crippen LogP contribution is -2.44. The van der Waals surface area contributed by atoms with Gasteiger partial charge in [-0.15, -0.1) is 0 Å². The lowest BCUT2D eigenvalue weighted by molar-refractivity contribution is -0.0311. The molecule has 7 aliphatic rings. The Balaban J connectivity index is 0.000000605. The molecule has 0 aromatic carbocycles. The molecular weight excluding hydrogens is 1240 g/mol. The van der Waals surface area contributed by atoms with Crippen molar-refractivity contribution in [2.45, 2.75) is 527 Å². The second-order valence-electron chi connectivity index (χ2n) is 47.0. The summed E-state index contributed by atoms with van der Waals surface area (Å²) in [6.07, 6.45) is 55.7. The van der Waals surface area contributed by atoms with Crippen molar-refractivity contribution in [3.8, 4) is 0 Å². The van der Waals surface area contributed by atoms with Crippen molar-refractivity contribution in [1.29, 1.82) is 0 Å². The highest BCUT2D eigenvalue weighted by Gasteiger charge is 2.52. The van der Waals surface area contributed by atoms with Gasteiger partial charge < -0.3 is 0 Å². The molecule has 0 heterocycles. The Kier molecular flexibility index (Phi) is 40.4. The van der Waals surface area contributed by atoms with Gasteiger partial charge in [0.1, 0.15) is 0 Å². The van der Waals surface area contributed by atoms with E-state index in [2.05, 4.69) is 277 Å². The average Bonchev–Trinajstić information content (AvgIpc) is 1.72. The maximum atomic E-state index is 2.56. The van der Waals surface area contributed by atoms with Crippen LogP contribution < -0.4 is 0 Å². The maximum absolute atomic E-state index is 2.56. The molecule has 7 saturated carbocycles. The molecule has 4 atom stereocenters. The standard InChI is InChI=1S/C19H38.C17H34.C16H32.2C14H28.C12H24.C11H22/c1-9-19(10-2,17(4,5)6)15(3)16-11-13-18(7,8)14-12-16;1-7-17(8-2,16(4,5)6)14(3)15-12-10-9-11-13-15;1-7-16(8-2,15(4,5)6)13(3)14-11-9-10-12-14;1-7-14(12(2,3)4)10-8-13(5,6)9-11-14;1-7-14(8-2,13(4,5)6)11(3)12-9-10-12;1-5-12(11(2,3)4)9-7-6-8-10-12;1-5-11(10(2,3)4)8-6-7-9-11/h15-16H,9-14H2,1-8H3;14-15H,7-13H2,1-6H3;13-14H,7-12H2,1-6H3;7-11H2,1-6H3;11-12H,7-10H2,1-6H3;5-10H2,1-4H3;5-9H2,1-4H3. The van der Waals surface area contributed by atoms with E-state index in [9.17, 15) is 0 Å². The van der Waals surface area contributed by atoms with E-state index in [1.54, 1.807) is 0 Å². The smallest absolute Gasteiger partial charge is 0.0226 e. The van der Waals surface area contributed by atoms with E-state index in [-0.39, 0.29) is 0 Å². The topological polar surface area (TPSA) is 0 Å². The SMILES string of the molecule is CCC(CC)(C(C)C1CC1)C(C)(C)C.CCC(CC)(C(C)C1CCC(C)(C)CC1)C(C)(C)C.CCC(CC)(C(C)C1CCCC1)C(C)(C)C.CCC(CC)(C(C)C1CCCCC1)C(C)(C)C.CCC1(C(C)(C)C)CCC(C)(C)CC1.CCC1(C(C)(C)C)CCCC1.CCC1(C(C)(C)C)CCCCC1. The molecule has 0 aromatic heterocycles. The first kappa shape index (κ1) is 101. The Hall–Kier alpha value is 0. The Morgan fingerprint density at radius 2 is 0.408 bits per heavy atom. The summed E-state index contributed by atoms with van der Waals surface area (Å²) < 4.78 is 0. The van der Waals surface area contributed by atoms with Gasteiger partial charge in [-0.2, -0.15) is 0 Å². The minimum absolute atomic E-state index is 0.420. The van der Waals surface area contributed by atoms with Gasteiger partial charge in [-0.25, -0.2) is 0 Å². The first-order valence-electron chi connectivity index (χ1n) is 47.0. The predicted molar refractivity (Wildman–Crippen MR) is 474 cm³/mol. The lowest BCUT2D eigenvalue weighted by atomic mass is 9.52. The molecule has 7 fully saturated rings. The largest absolute Gasteiger partial charge is 0.0648 e. The van der Waals surface area contributed by atoms with Crippen molar-refractivity contribution in [3.63, 3.8) is 0 Å². The molecule has 103 heavy (non-hydrogen) atoms. The van der Waals surface area contributed by atoms with Crippen molar-refractivity contribution in [3.05, 3.63) is 0 Å². The highest BCUT2D eigenvalue weighted by atomic mass is 14.6. The normalized spacial score (nSPS) is 23.0. The summed E-state index contributed by atoms with van der Waals surface area (Å²) in [6.45, 7) is 97.4. The molecule has 0 spiro atoms. The average molecular weight is 1440 g/mol. The van der Waals surface area contributed by atoms with Crippen LogP contribution in [0.5, 0.6) is 0 Å². The van der Waals surface area contributed by atoms with Crippen LogP contribution in [0.3, 0.4) is 0 Å². The van der Waals surface area contributed by atoms with Gasteiger partial charge in [-0.3, -0.25) is 0 Å². The van der Waals surface area contributed by atoms with Crippen LogP contribution in [0, 0.1) is 134 Å². The van der Waals surface area contributed by atoms with Gasteiger partial charge >= 0.3 is 0 Å². The zero-order valence-corrected chi connectivity index (χ0v) is 80.2. The van der Waals surface area contributed by atoms with E-state index in [1.807, 2.05) is 0 Å². The van der Waals surface area contributed by atoms with Gasteiger partial charge in [0.2, 0.25) is 0 Å². The third-order valence-corrected chi connectivity index (χ3v) is 36.1. The summed E-state index contributed by atoms with van der Waals surface area (Å²) in [4.78, 5) is 0. The fourth-order valence-electron chi connectivity index (χ4n) is 26.6. The summed E-state index contributed by atoms with van der Waals surface area (Å²) >= 11 is 0. The van der Waals surface area contributed by atoms with Crippen molar-refractivity contribution < 1.29 is 0 Å². The molecule has 7 aliphatic carbocycles. The van der Waals surface area contributed by atoms with Crippen LogP contribution in [0.1, 0.15) is 527 Å². The van der Waals surface area contributed by atoms with E-state index < -0.39 is 0 Å². The number of rotatable bonds is 19. The minimum atomic E-state index is 0.420. The first-order chi connectivity index (χ1) is 47.0. The molecule has 0 nitrogen and oxygen atoms in total. The minimum Gasteiger partial charge on any atom is -0.0648 e. The first-order valence-corrected chi connectivity index (χ1v) is 47.0. The van der Waals surface area contributed by atoms with E-state index in [0.29, 0.717) is 86.6 Å². The van der Waals surface area contributed by atoms with E-state index in [1.165, 1.54) is 250 Å². The van der Waals surface area contributed by atoms with Crippen molar-refractivity contribution >= 4 is 0 Å². The summed E-state index contributed by atoms with van der Waals surface area (Å²) in [5, 5.41) is 0. The van der Waals surface area contributed by atoms with E-state index in [4.69, 9.17) is 0 Å². The molecule has 0 N–H and O–H groups in total. The van der Waals surface area contributed by atoms with Crippen molar-refractivity contribution in [2.24, 2.45) is 134 Å². The van der Waals surface area contributed by atoms with Gasteiger partial charge in [-0.05, 0) is 295 Å². The van der Waals surface area contributed by atoms with Crippen LogP contribution in [-0.2, 0) is 0 Å². The summed E-state index contributed by atoms with van der Waals surface area (Å²) in [7, 11) is 0. The van der Waals surface area contributed by atoms with Crippen LogP contribution in [0.25, 0.3) is 0 Å². The fourth-order valence-corrected chi connectivity index (χ4v) is 26.6. The number of hydrogen-bond acceptors (Lipinski definition) is 0. The molecule has 0 heteroatoms. The monoisotopic (exact) mass is 1440 g/mol. The second-order valence-corrected chi connectivity index (χ2v) is 47.0. The molecule has 0 radical (unpaired) electrons. The van der Waals surface area contributed by atoms with Crippen LogP contribution >= 0.6 is 0 Å². The molecule has 0 saturated heterocycles. The van der Waals surface area contributed by atoms with Crippen LogP contribution in [0.4, 0.5) is 0 Å². The second kappa shape index (κ2) is 41.2. The molecule has 0 aromatic rings. The third kappa shape index (κ3) is 25.8. The van der Waals surface area contributed by atoms with Crippen LogP contribution in [-0.4, -0.2) is 0 Å². The lowest BCUT2D eigenvalue weighted by Gasteiger charge is -2.52. The van der Waals surface area contributed by atoms with Gasteiger partial charge in [-0.1, -0.05) is 367 Å². The zero-order chi connectivity index (χ0) is 80.2. The molecule has 7 rings (SSSR count). The van der Waals surface area contributed by atoms with Gasteiger partial charge in [0.15, 0.2) is 0 Å². The molecular formula is C103H206. The van der Waals surface area contributed by atoms with E-state index >= 15 is 0 Å². The number of hydrogen-bond donors (Lipinski definition) is 0. The van der Waals surface area contributed by atoms with E-state index in [0.717, 1.165) is 47.3 Å². The molecule has 0 aliphatic heterocycles. The Morgan fingerprint density at radius 1 is 0.223 bits per heavy atom. The Labute approximate surface area is 657 Å². The zero-order valence-electron chi connectivity index (χ0n) is 80.2. The quantitative estimate of drug-likeness (QED) is 0.121. The molecule has 4 unspecified atom stereocenters. The summed E-state index contributed by atoms with van der Waals surface area (Å²) in [5.74, 6) is 7.53. The van der Waals surface area contributed by atoms with Crippen LogP contribution in [0.2, 0.25) is 0 Å². The Morgan fingerprint density at radius 3 is 0.602 bits per heavy atom. The molecule has 0 bridgehead atoms.